The quantitative estimate of drug-likeness (QED) is 0.771. The molecule has 1 atom stereocenters. The van der Waals surface area contributed by atoms with Crippen molar-refractivity contribution in [2.75, 3.05) is 25.0 Å². The number of fused-ring (bicyclic) bond motifs is 3. The highest BCUT2D eigenvalue weighted by molar-refractivity contribution is 5.41. The molecule has 0 aromatic carbocycles. The van der Waals surface area contributed by atoms with Crippen molar-refractivity contribution in [1.82, 2.24) is 9.88 Å². The van der Waals surface area contributed by atoms with Crippen LogP contribution in [0.5, 0.6) is 0 Å². The molecule has 4 rings (SSSR count). The van der Waals surface area contributed by atoms with Gasteiger partial charge in [-0.3, -0.25) is 0 Å². The van der Waals surface area contributed by atoms with Crippen molar-refractivity contribution in [1.29, 1.82) is 0 Å². The lowest BCUT2D eigenvalue weighted by atomic mass is 9.84. The Balaban J connectivity index is 1.68. The molecule has 3 saturated heterocycles. The smallest absolute Gasteiger partial charge is 0.212 e. The largest absolute Gasteiger partial charge is 0.379 e. The minimum atomic E-state index is -0.417. The third kappa shape index (κ3) is 1.89. The second-order valence-corrected chi connectivity index (χ2v) is 4.76. The number of rotatable bonds is 2. The van der Waals surface area contributed by atoms with Crippen molar-refractivity contribution in [3.63, 3.8) is 0 Å². The minimum absolute atomic E-state index is 0.417. The number of anilines is 1. The molecule has 0 radical (unpaired) electrons. The van der Waals surface area contributed by atoms with Crippen LogP contribution in [-0.4, -0.2) is 35.6 Å². The van der Waals surface area contributed by atoms with Crippen LogP contribution in [0.3, 0.4) is 0 Å². The average Bonchev–Trinajstić information content (AvgIpc) is 2.34. The first-order chi connectivity index (χ1) is 7.81. The van der Waals surface area contributed by atoms with Gasteiger partial charge in [-0.25, -0.2) is 4.98 Å². The summed E-state index contributed by atoms with van der Waals surface area (Å²) in [5.41, 5.74) is 0.931. The van der Waals surface area contributed by atoms with Crippen molar-refractivity contribution in [3.8, 4) is 0 Å². The van der Waals surface area contributed by atoms with Crippen LogP contribution in [0.25, 0.3) is 0 Å². The molecule has 0 aliphatic carbocycles. The average molecular weight is 221 g/mol. The lowest BCUT2D eigenvalue weighted by Crippen LogP contribution is -2.53. The van der Waals surface area contributed by atoms with Gasteiger partial charge in [-0.1, -0.05) is 0 Å². The lowest BCUT2D eigenvalue weighted by molar-refractivity contribution is 0.0975. The standard InChI is InChI=1S/C12H16FN3/c13-12-2-1-10(7-14-12)15-11-8-16-5-3-9(11)4-6-16/h1-2,7,9,11,15H,3-6,8H2. The number of aromatic nitrogens is 1. The van der Waals surface area contributed by atoms with Gasteiger partial charge in [0.25, 0.3) is 0 Å². The molecule has 3 nitrogen and oxygen atoms in total. The molecule has 1 N–H and O–H groups in total. The van der Waals surface area contributed by atoms with Crippen molar-refractivity contribution in [2.45, 2.75) is 18.9 Å². The maximum absolute atomic E-state index is 12.7. The zero-order valence-electron chi connectivity index (χ0n) is 9.19. The molecular weight excluding hydrogens is 205 g/mol. The van der Waals surface area contributed by atoms with E-state index < -0.39 is 5.95 Å². The molecule has 1 aromatic rings. The van der Waals surface area contributed by atoms with Gasteiger partial charge in [0.2, 0.25) is 5.95 Å². The highest BCUT2D eigenvalue weighted by Crippen LogP contribution is 2.29. The lowest BCUT2D eigenvalue weighted by Gasteiger charge is -2.45. The fourth-order valence-corrected chi connectivity index (χ4v) is 2.80. The second-order valence-electron chi connectivity index (χ2n) is 4.76. The molecule has 4 heteroatoms. The molecule has 0 spiro atoms. The number of halogens is 1. The SMILES string of the molecule is Fc1ccc(NC2CN3CCC2CC3)cn1. The van der Waals surface area contributed by atoms with Gasteiger partial charge < -0.3 is 10.2 Å². The fraction of sp³-hybridized carbons (Fsp3) is 0.583. The van der Waals surface area contributed by atoms with Crippen LogP contribution in [0.2, 0.25) is 0 Å². The van der Waals surface area contributed by atoms with Gasteiger partial charge in [-0.2, -0.15) is 4.39 Å². The van der Waals surface area contributed by atoms with E-state index in [1.165, 1.54) is 32.0 Å². The molecule has 3 fully saturated rings. The van der Waals surface area contributed by atoms with E-state index >= 15 is 0 Å². The number of nitrogens with zero attached hydrogens (tertiary/aromatic N) is 2. The van der Waals surface area contributed by atoms with E-state index in [0.29, 0.717) is 6.04 Å². The third-order valence-corrected chi connectivity index (χ3v) is 3.74. The topological polar surface area (TPSA) is 28.2 Å². The summed E-state index contributed by atoms with van der Waals surface area (Å²) in [4.78, 5) is 6.16. The van der Waals surface area contributed by atoms with Gasteiger partial charge in [0, 0.05) is 12.6 Å². The summed E-state index contributed by atoms with van der Waals surface area (Å²) in [6.07, 6.45) is 4.14. The van der Waals surface area contributed by atoms with Crippen LogP contribution < -0.4 is 5.32 Å². The minimum Gasteiger partial charge on any atom is -0.379 e. The Hall–Kier alpha value is -1.16. The summed E-state index contributed by atoms with van der Waals surface area (Å²) < 4.78 is 12.7. The Morgan fingerprint density at radius 3 is 2.69 bits per heavy atom. The van der Waals surface area contributed by atoms with E-state index in [2.05, 4.69) is 15.2 Å². The summed E-state index contributed by atoms with van der Waals surface area (Å²) >= 11 is 0. The predicted molar refractivity (Wildman–Crippen MR) is 60.8 cm³/mol. The molecule has 0 amide bonds. The van der Waals surface area contributed by atoms with E-state index in [4.69, 9.17) is 0 Å². The van der Waals surface area contributed by atoms with Crippen LogP contribution in [0, 0.1) is 11.9 Å². The number of piperidine rings is 3. The molecule has 16 heavy (non-hydrogen) atoms. The monoisotopic (exact) mass is 221 g/mol. The molecule has 1 aromatic heterocycles. The van der Waals surface area contributed by atoms with E-state index in [1.807, 2.05) is 0 Å². The zero-order chi connectivity index (χ0) is 11.0. The Kier molecular flexibility index (Phi) is 2.52. The Morgan fingerprint density at radius 2 is 2.12 bits per heavy atom. The van der Waals surface area contributed by atoms with Crippen LogP contribution >= 0.6 is 0 Å². The highest BCUT2D eigenvalue weighted by atomic mass is 19.1. The summed E-state index contributed by atoms with van der Waals surface area (Å²) in [7, 11) is 0. The molecule has 4 heterocycles. The summed E-state index contributed by atoms with van der Waals surface area (Å²) in [6.45, 7) is 3.59. The molecule has 0 saturated carbocycles. The van der Waals surface area contributed by atoms with Crippen LogP contribution in [0.1, 0.15) is 12.8 Å². The maximum Gasteiger partial charge on any atom is 0.212 e. The number of pyridine rings is 1. The van der Waals surface area contributed by atoms with E-state index in [1.54, 1.807) is 12.3 Å². The fourth-order valence-electron chi connectivity index (χ4n) is 2.80. The zero-order valence-corrected chi connectivity index (χ0v) is 9.19. The summed E-state index contributed by atoms with van der Waals surface area (Å²) in [6, 6.07) is 3.68. The molecule has 2 bridgehead atoms. The predicted octanol–water partition coefficient (Wildman–Crippen LogP) is 1.73. The normalized spacial score (nSPS) is 32.7. The second kappa shape index (κ2) is 4.01. The van der Waals surface area contributed by atoms with Crippen molar-refractivity contribution in [3.05, 3.63) is 24.3 Å². The van der Waals surface area contributed by atoms with Gasteiger partial charge in [-0.15, -0.1) is 0 Å². The highest BCUT2D eigenvalue weighted by Gasteiger charge is 2.33. The van der Waals surface area contributed by atoms with Crippen LogP contribution in [0.15, 0.2) is 18.3 Å². The van der Waals surface area contributed by atoms with Crippen molar-refractivity contribution < 1.29 is 4.39 Å². The Labute approximate surface area is 94.7 Å². The van der Waals surface area contributed by atoms with Crippen molar-refractivity contribution in [2.24, 2.45) is 5.92 Å². The number of nitrogens with one attached hydrogen (secondary N) is 1. The van der Waals surface area contributed by atoms with E-state index in [9.17, 15) is 4.39 Å². The molecular formula is C12H16FN3. The molecule has 3 aliphatic heterocycles. The van der Waals surface area contributed by atoms with Gasteiger partial charge >= 0.3 is 0 Å². The first-order valence-corrected chi connectivity index (χ1v) is 5.92. The molecule has 1 unspecified atom stereocenters. The van der Waals surface area contributed by atoms with Gasteiger partial charge in [0.1, 0.15) is 0 Å². The molecule has 86 valence electrons. The van der Waals surface area contributed by atoms with E-state index in [-0.39, 0.29) is 0 Å². The Bertz CT molecular complexity index is 357. The first-order valence-electron chi connectivity index (χ1n) is 5.92. The van der Waals surface area contributed by atoms with Gasteiger partial charge in [-0.05, 0) is 44.0 Å². The summed E-state index contributed by atoms with van der Waals surface area (Å²) in [5, 5.41) is 3.47. The third-order valence-electron chi connectivity index (χ3n) is 3.74. The van der Waals surface area contributed by atoms with Crippen molar-refractivity contribution >= 4 is 5.69 Å². The van der Waals surface area contributed by atoms with Gasteiger partial charge in [0.15, 0.2) is 0 Å². The Morgan fingerprint density at radius 1 is 1.31 bits per heavy atom. The maximum atomic E-state index is 12.7. The van der Waals surface area contributed by atoms with E-state index in [0.717, 1.165) is 18.2 Å². The van der Waals surface area contributed by atoms with Crippen LogP contribution in [-0.2, 0) is 0 Å². The molecule has 3 aliphatic rings. The first kappa shape index (κ1) is 10.0. The summed E-state index contributed by atoms with van der Waals surface area (Å²) in [5.74, 6) is 0.356. The van der Waals surface area contributed by atoms with Crippen LogP contribution in [0.4, 0.5) is 10.1 Å². The van der Waals surface area contributed by atoms with Gasteiger partial charge in [0.05, 0.1) is 11.9 Å². The number of hydrogen-bond acceptors (Lipinski definition) is 3. The number of hydrogen-bond donors (Lipinski definition) is 1.